The van der Waals surface area contributed by atoms with Crippen LogP contribution < -0.4 is 10.5 Å². The van der Waals surface area contributed by atoms with E-state index in [1.54, 1.807) is 43.5 Å². The van der Waals surface area contributed by atoms with Crippen molar-refractivity contribution in [2.45, 2.75) is 0 Å². The molecule has 0 saturated carbocycles. The van der Waals surface area contributed by atoms with E-state index in [9.17, 15) is 4.79 Å². The van der Waals surface area contributed by atoms with Gasteiger partial charge in [-0.25, -0.2) is 0 Å². The lowest BCUT2D eigenvalue weighted by molar-refractivity contribution is 0.103. The molecule has 0 unspecified atom stereocenters. The number of nitrogens with two attached hydrogens (primary N) is 1. The first-order chi connectivity index (χ1) is 9.02. The fourth-order valence-corrected chi connectivity index (χ4v) is 2.41. The summed E-state index contributed by atoms with van der Waals surface area (Å²) in [5.41, 5.74) is 7.07. The molecule has 0 radical (unpaired) electrons. The van der Waals surface area contributed by atoms with Crippen molar-refractivity contribution in [1.29, 1.82) is 0 Å². The molecule has 0 aromatic heterocycles. The van der Waals surface area contributed by atoms with Gasteiger partial charge >= 0.3 is 0 Å². The molecule has 5 heteroatoms. The van der Waals surface area contributed by atoms with Crippen LogP contribution in [0, 0.1) is 0 Å². The number of carbonyl (C=O) groups excluding carboxylic acids is 1. The van der Waals surface area contributed by atoms with Crippen molar-refractivity contribution in [3.8, 4) is 5.75 Å². The van der Waals surface area contributed by atoms with Crippen LogP contribution in [-0.2, 0) is 0 Å². The van der Waals surface area contributed by atoms with Gasteiger partial charge in [-0.2, -0.15) is 0 Å². The summed E-state index contributed by atoms with van der Waals surface area (Å²) in [5.74, 6) is 0.480. The summed E-state index contributed by atoms with van der Waals surface area (Å²) in [7, 11) is 1.57. The Labute approximate surface area is 124 Å². The SMILES string of the molecule is COc1ccc(C(=O)c2cc(N)ccc2Cl)c(Br)c1. The number of carbonyl (C=O) groups is 1. The van der Waals surface area contributed by atoms with E-state index in [-0.39, 0.29) is 5.78 Å². The van der Waals surface area contributed by atoms with Gasteiger partial charge in [-0.05, 0) is 52.3 Å². The number of hydrogen-bond acceptors (Lipinski definition) is 3. The number of anilines is 1. The monoisotopic (exact) mass is 339 g/mol. The maximum absolute atomic E-state index is 12.4. The normalized spacial score (nSPS) is 10.3. The van der Waals surface area contributed by atoms with Gasteiger partial charge in [0.15, 0.2) is 5.78 Å². The smallest absolute Gasteiger partial charge is 0.195 e. The molecule has 0 aliphatic heterocycles. The van der Waals surface area contributed by atoms with Crippen molar-refractivity contribution < 1.29 is 9.53 Å². The maximum Gasteiger partial charge on any atom is 0.195 e. The van der Waals surface area contributed by atoms with Crippen LogP contribution in [-0.4, -0.2) is 12.9 Å². The average Bonchev–Trinajstić information content (AvgIpc) is 2.40. The second-order valence-electron chi connectivity index (χ2n) is 3.91. The number of methoxy groups -OCH3 is 1. The van der Waals surface area contributed by atoms with Gasteiger partial charge in [-0.1, -0.05) is 11.6 Å². The fraction of sp³-hybridized carbons (Fsp3) is 0.0714. The molecule has 0 aliphatic carbocycles. The summed E-state index contributed by atoms with van der Waals surface area (Å²) >= 11 is 9.39. The molecule has 0 aliphatic rings. The van der Waals surface area contributed by atoms with Crippen molar-refractivity contribution in [2.75, 3.05) is 12.8 Å². The number of rotatable bonds is 3. The lowest BCUT2D eigenvalue weighted by atomic mass is 10.0. The minimum Gasteiger partial charge on any atom is -0.497 e. The maximum atomic E-state index is 12.4. The minimum absolute atomic E-state index is 0.188. The highest BCUT2D eigenvalue weighted by atomic mass is 79.9. The van der Waals surface area contributed by atoms with Gasteiger partial charge in [0, 0.05) is 21.3 Å². The molecule has 0 heterocycles. The molecule has 0 amide bonds. The molecule has 0 saturated heterocycles. The second-order valence-corrected chi connectivity index (χ2v) is 5.18. The van der Waals surface area contributed by atoms with E-state index in [0.29, 0.717) is 32.1 Å². The lowest BCUT2D eigenvalue weighted by Crippen LogP contribution is -2.04. The third-order valence-corrected chi connectivity index (χ3v) is 3.64. The number of halogens is 2. The molecule has 0 atom stereocenters. The van der Waals surface area contributed by atoms with Crippen molar-refractivity contribution in [2.24, 2.45) is 0 Å². The molecule has 2 rings (SSSR count). The zero-order chi connectivity index (χ0) is 14.0. The molecule has 0 fully saturated rings. The molecule has 19 heavy (non-hydrogen) atoms. The van der Waals surface area contributed by atoms with Crippen LogP contribution >= 0.6 is 27.5 Å². The Bertz CT molecular complexity index is 643. The Kier molecular flexibility index (Phi) is 4.12. The van der Waals surface area contributed by atoms with Gasteiger partial charge < -0.3 is 10.5 Å². The lowest BCUT2D eigenvalue weighted by Gasteiger charge is -2.08. The van der Waals surface area contributed by atoms with E-state index in [0.717, 1.165) is 0 Å². The Morgan fingerprint density at radius 2 is 1.95 bits per heavy atom. The molecule has 0 bridgehead atoms. The van der Waals surface area contributed by atoms with Crippen LogP contribution in [0.4, 0.5) is 5.69 Å². The zero-order valence-corrected chi connectivity index (χ0v) is 12.5. The molecule has 3 nitrogen and oxygen atoms in total. The van der Waals surface area contributed by atoms with E-state index >= 15 is 0 Å². The molecule has 2 aromatic rings. The van der Waals surface area contributed by atoms with Crippen LogP contribution in [0.1, 0.15) is 15.9 Å². The van der Waals surface area contributed by atoms with Gasteiger partial charge in [-0.3, -0.25) is 4.79 Å². The molecule has 0 spiro atoms. The summed E-state index contributed by atoms with van der Waals surface area (Å²) < 4.78 is 5.74. The van der Waals surface area contributed by atoms with Crippen LogP contribution in [0.5, 0.6) is 5.75 Å². The van der Waals surface area contributed by atoms with Crippen molar-refractivity contribution in [1.82, 2.24) is 0 Å². The standard InChI is InChI=1S/C14H11BrClNO2/c1-19-9-3-4-10(12(15)7-9)14(18)11-6-8(17)2-5-13(11)16/h2-7H,17H2,1H3. The number of benzene rings is 2. The summed E-state index contributed by atoms with van der Waals surface area (Å²) in [6, 6.07) is 9.97. The topological polar surface area (TPSA) is 52.3 Å². The van der Waals surface area contributed by atoms with Gasteiger partial charge in [0.1, 0.15) is 5.75 Å². The number of ketones is 1. The van der Waals surface area contributed by atoms with Gasteiger partial charge in [0.05, 0.1) is 12.1 Å². The van der Waals surface area contributed by atoms with Crippen LogP contribution in [0.25, 0.3) is 0 Å². The molecular formula is C14H11BrClNO2. The van der Waals surface area contributed by atoms with Crippen LogP contribution in [0.3, 0.4) is 0 Å². The summed E-state index contributed by atoms with van der Waals surface area (Å²) in [6.45, 7) is 0. The van der Waals surface area contributed by atoms with Gasteiger partial charge in [-0.15, -0.1) is 0 Å². The van der Waals surface area contributed by atoms with E-state index in [4.69, 9.17) is 22.1 Å². The van der Waals surface area contributed by atoms with Crippen molar-refractivity contribution in [3.63, 3.8) is 0 Å². The Hall–Kier alpha value is -1.52. The first kappa shape index (κ1) is 13.9. The predicted molar refractivity (Wildman–Crippen MR) is 80.0 cm³/mol. The Balaban J connectivity index is 2.47. The highest BCUT2D eigenvalue weighted by molar-refractivity contribution is 9.10. The van der Waals surface area contributed by atoms with Crippen molar-refractivity contribution in [3.05, 3.63) is 57.0 Å². The van der Waals surface area contributed by atoms with E-state index in [1.807, 2.05) is 0 Å². The van der Waals surface area contributed by atoms with E-state index in [1.165, 1.54) is 0 Å². The highest BCUT2D eigenvalue weighted by Crippen LogP contribution is 2.28. The minimum atomic E-state index is -0.188. The summed E-state index contributed by atoms with van der Waals surface area (Å²) in [6.07, 6.45) is 0. The average molecular weight is 341 g/mol. The van der Waals surface area contributed by atoms with Crippen molar-refractivity contribution >= 4 is 39.0 Å². The number of hydrogen-bond donors (Lipinski definition) is 1. The third kappa shape index (κ3) is 2.91. The van der Waals surface area contributed by atoms with Gasteiger partial charge in [0.25, 0.3) is 0 Å². The van der Waals surface area contributed by atoms with E-state index < -0.39 is 0 Å². The molecule has 98 valence electrons. The molecular weight excluding hydrogens is 330 g/mol. The van der Waals surface area contributed by atoms with E-state index in [2.05, 4.69) is 15.9 Å². The fourth-order valence-electron chi connectivity index (χ4n) is 1.67. The first-order valence-electron chi connectivity index (χ1n) is 5.46. The second kappa shape index (κ2) is 5.63. The van der Waals surface area contributed by atoms with Crippen LogP contribution in [0.2, 0.25) is 5.02 Å². The van der Waals surface area contributed by atoms with Gasteiger partial charge in [0.2, 0.25) is 0 Å². The Morgan fingerprint density at radius 3 is 2.58 bits per heavy atom. The Morgan fingerprint density at radius 1 is 1.21 bits per heavy atom. The first-order valence-corrected chi connectivity index (χ1v) is 6.63. The molecule has 2 aromatic carbocycles. The molecule has 2 N–H and O–H groups in total. The highest BCUT2D eigenvalue weighted by Gasteiger charge is 2.16. The predicted octanol–water partition coefficient (Wildman–Crippen LogP) is 3.92. The largest absolute Gasteiger partial charge is 0.497 e. The number of nitrogen functional groups attached to an aromatic ring is 1. The quantitative estimate of drug-likeness (QED) is 0.680. The summed E-state index contributed by atoms with van der Waals surface area (Å²) in [4.78, 5) is 12.4. The third-order valence-electron chi connectivity index (χ3n) is 2.66. The summed E-state index contributed by atoms with van der Waals surface area (Å²) in [5, 5.41) is 0.377. The number of ether oxygens (including phenoxy) is 1. The zero-order valence-electron chi connectivity index (χ0n) is 10.1. The van der Waals surface area contributed by atoms with Crippen LogP contribution in [0.15, 0.2) is 40.9 Å².